The third-order valence-corrected chi connectivity index (χ3v) is 3.75. The summed E-state index contributed by atoms with van der Waals surface area (Å²) in [6.07, 6.45) is 0. The lowest BCUT2D eigenvalue weighted by Crippen LogP contribution is -2.49. The van der Waals surface area contributed by atoms with Crippen LogP contribution in [0.5, 0.6) is 0 Å². The summed E-state index contributed by atoms with van der Waals surface area (Å²) in [5.74, 6) is 1.25. The first-order valence-corrected chi connectivity index (χ1v) is 6.13. The number of nitrogens with two attached hydrogens (primary N) is 1. The van der Waals surface area contributed by atoms with Crippen LogP contribution in [0.15, 0.2) is 0 Å². The number of carbonyl (C=O) groups is 1. The Bertz CT molecular complexity index is 218. The molecule has 0 aromatic rings. The van der Waals surface area contributed by atoms with E-state index in [2.05, 4.69) is 6.92 Å². The number of carbonyl (C=O) groups excluding carboxylic acids is 1. The summed E-state index contributed by atoms with van der Waals surface area (Å²) >= 11 is 1.93. The SMILES string of the molecule is CC1CN(C(=O)C(C)(C)CN)CCS1. The Morgan fingerprint density at radius 3 is 2.79 bits per heavy atom. The molecule has 1 rings (SSSR count). The molecule has 0 aromatic heterocycles. The van der Waals surface area contributed by atoms with Crippen LogP contribution in [0.2, 0.25) is 0 Å². The van der Waals surface area contributed by atoms with E-state index in [-0.39, 0.29) is 5.91 Å². The second kappa shape index (κ2) is 4.53. The average molecular weight is 216 g/mol. The van der Waals surface area contributed by atoms with E-state index < -0.39 is 5.41 Å². The van der Waals surface area contributed by atoms with E-state index in [1.54, 1.807) is 0 Å². The molecule has 0 bridgehead atoms. The first-order valence-electron chi connectivity index (χ1n) is 5.08. The lowest BCUT2D eigenvalue weighted by Gasteiger charge is -2.35. The number of hydrogen-bond acceptors (Lipinski definition) is 3. The molecule has 82 valence electrons. The van der Waals surface area contributed by atoms with Crippen molar-refractivity contribution >= 4 is 17.7 Å². The first-order chi connectivity index (χ1) is 6.47. The predicted molar refractivity (Wildman–Crippen MR) is 61.3 cm³/mol. The van der Waals surface area contributed by atoms with Crippen LogP contribution in [0, 0.1) is 5.41 Å². The van der Waals surface area contributed by atoms with E-state index in [0.29, 0.717) is 11.8 Å². The summed E-state index contributed by atoms with van der Waals surface area (Å²) in [6.45, 7) is 8.16. The van der Waals surface area contributed by atoms with E-state index in [9.17, 15) is 4.79 Å². The fraction of sp³-hybridized carbons (Fsp3) is 0.900. The van der Waals surface area contributed by atoms with Gasteiger partial charge in [-0.1, -0.05) is 6.92 Å². The summed E-state index contributed by atoms with van der Waals surface area (Å²) in [6, 6.07) is 0. The minimum Gasteiger partial charge on any atom is -0.340 e. The average Bonchev–Trinajstić information content (AvgIpc) is 2.16. The lowest BCUT2D eigenvalue weighted by atomic mass is 9.92. The number of hydrogen-bond donors (Lipinski definition) is 1. The minimum atomic E-state index is -0.401. The van der Waals surface area contributed by atoms with Gasteiger partial charge in [0.2, 0.25) is 5.91 Å². The molecule has 1 aliphatic rings. The van der Waals surface area contributed by atoms with Crippen LogP contribution in [-0.2, 0) is 4.79 Å². The minimum absolute atomic E-state index is 0.201. The van der Waals surface area contributed by atoms with Crippen molar-refractivity contribution in [3.8, 4) is 0 Å². The highest BCUT2D eigenvalue weighted by Gasteiger charge is 2.32. The van der Waals surface area contributed by atoms with E-state index in [4.69, 9.17) is 5.73 Å². The normalized spacial score (nSPS) is 23.7. The predicted octanol–water partition coefficient (Wildman–Crippen LogP) is 0.935. The fourth-order valence-corrected chi connectivity index (χ4v) is 2.53. The van der Waals surface area contributed by atoms with Crippen molar-refractivity contribution in [2.45, 2.75) is 26.0 Å². The Hall–Kier alpha value is -0.220. The van der Waals surface area contributed by atoms with Crippen LogP contribution in [0.3, 0.4) is 0 Å². The standard InChI is InChI=1S/C10H20N2OS/c1-8-6-12(4-5-14-8)9(13)10(2,3)7-11/h8H,4-7,11H2,1-3H3. The molecular formula is C10H20N2OS. The van der Waals surface area contributed by atoms with Crippen LogP contribution in [-0.4, -0.2) is 41.4 Å². The molecule has 1 saturated heterocycles. The zero-order valence-corrected chi connectivity index (χ0v) is 10.1. The summed E-state index contributed by atoms with van der Waals surface area (Å²) < 4.78 is 0. The maximum Gasteiger partial charge on any atom is 0.229 e. The molecule has 1 fully saturated rings. The summed E-state index contributed by atoms with van der Waals surface area (Å²) in [5.41, 5.74) is 5.19. The van der Waals surface area contributed by atoms with Gasteiger partial charge in [-0.2, -0.15) is 11.8 Å². The van der Waals surface area contributed by atoms with Crippen LogP contribution < -0.4 is 5.73 Å². The molecule has 0 aromatic carbocycles. The van der Waals surface area contributed by atoms with Gasteiger partial charge in [0.25, 0.3) is 0 Å². The van der Waals surface area contributed by atoms with Crippen molar-refractivity contribution in [3.05, 3.63) is 0 Å². The molecule has 0 saturated carbocycles. The summed E-state index contributed by atoms with van der Waals surface area (Å²) in [5, 5.41) is 0.557. The third-order valence-electron chi connectivity index (χ3n) is 2.62. The van der Waals surface area contributed by atoms with Gasteiger partial charge in [-0.15, -0.1) is 0 Å². The lowest BCUT2D eigenvalue weighted by molar-refractivity contribution is -0.139. The highest BCUT2D eigenvalue weighted by Crippen LogP contribution is 2.23. The highest BCUT2D eigenvalue weighted by atomic mass is 32.2. The molecule has 0 radical (unpaired) electrons. The molecule has 2 N–H and O–H groups in total. The Labute approximate surface area is 90.4 Å². The molecule has 1 aliphatic heterocycles. The van der Waals surface area contributed by atoms with Crippen LogP contribution in [0.25, 0.3) is 0 Å². The smallest absolute Gasteiger partial charge is 0.229 e. The maximum absolute atomic E-state index is 12.0. The van der Waals surface area contributed by atoms with Crippen molar-refractivity contribution in [2.75, 3.05) is 25.4 Å². The molecule has 1 heterocycles. The van der Waals surface area contributed by atoms with Crippen molar-refractivity contribution in [1.29, 1.82) is 0 Å². The quantitative estimate of drug-likeness (QED) is 0.747. The number of nitrogens with zero attached hydrogens (tertiary/aromatic N) is 1. The Morgan fingerprint density at radius 1 is 1.64 bits per heavy atom. The van der Waals surface area contributed by atoms with Gasteiger partial charge in [0.1, 0.15) is 0 Å². The Balaban J connectivity index is 2.60. The molecule has 0 spiro atoms. The van der Waals surface area contributed by atoms with Gasteiger partial charge in [0.15, 0.2) is 0 Å². The van der Waals surface area contributed by atoms with Gasteiger partial charge in [-0.3, -0.25) is 4.79 Å². The number of thioether (sulfide) groups is 1. The number of rotatable bonds is 2. The Kier molecular flexibility index (Phi) is 3.84. The van der Waals surface area contributed by atoms with Crippen molar-refractivity contribution in [3.63, 3.8) is 0 Å². The Morgan fingerprint density at radius 2 is 2.29 bits per heavy atom. The number of amides is 1. The molecule has 14 heavy (non-hydrogen) atoms. The second-order valence-corrected chi connectivity index (χ2v) is 6.07. The molecule has 0 aliphatic carbocycles. The monoisotopic (exact) mass is 216 g/mol. The molecule has 1 atom stereocenters. The maximum atomic E-state index is 12.0. The van der Waals surface area contributed by atoms with Gasteiger partial charge in [0, 0.05) is 30.6 Å². The van der Waals surface area contributed by atoms with Crippen LogP contribution in [0.4, 0.5) is 0 Å². The van der Waals surface area contributed by atoms with Crippen molar-refractivity contribution < 1.29 is 4.79 Å². The van der Waals surface area contributed by atoms with E-state index in [0.717, 1.165) is 18.8 Å². The molecule has 3 nitrogen and oxygen atoms in total. The van der Waals surface area contributed by atoms with Gasteiger partial charge in [0.05, 0.1) is 5.41 Å². The summed E-state index contributed by atoms with van der Waals surface area (Å²) in [4.78, 5) is 14.0. The zero-order valence-electron chi connectivity index (χ0n) is 9.25. The van der Waals surface area contributed by atoms with Gasteiger partial charge >= 0.3 is 0 Å². The third kappa shape index (κ3) is 2.64. The van der Waals surface area contributed by atoms with Gasteiger partial charge < -0.3 is 10.6 Å². The molecule has 1 unspecified atom stereocenters. The highest BCUT2D eigenvalue weighted by molar-refractivity contribution is 7.99. The van der Waals surface area contributed by atoms with Crippen molar-refractivity contribution in [2.24, 2.45) is 11.1 Å². The van der Waals surface area contributed by atoms with E-state index in [1.165, 1.54) is 0 Å². The van der Waals surface area contributed by atoms with Crippen LogP contribution >= 0.6 is 11.8 Å². The topological polar surface area (TPSA) is 46.3 Å². The second-order valence-electron chi connectivity index (χ2n) is 4.52. The van der Waals surface area contributed by atoms with Gasteiger partial charge in [-0.05, 0) is 13.8 Å². The largest absolute Gasteiger partial charge is 0.340 e. The zero-order chi connectivity index (χ0) is 10.8. The van der Waals surface area contributed by atoms with Crippen LogP contribution in [0.1, 0.15) is 20.8 Å². The molecule has 1 amide bonds. The van der Waals surface area contributed by atoms with Gasteiger partial charge in [-0.25, -0.2) is 0 Å². The van der Waals surface area contributed by atoms with Crippen molar-refractivity contribution in [1.82, 2.24) is 4.90 Å². The summed E-state index contributed by atoms with van der Waals surface area (Å²) in [7, 11) is 0. The molecule has 4 heteroatoms. The first kappa shape index (κ1) is 11.9. The fourth-order valence-electron chi connectivity index (χ4n) is 1.52. The van der Waals surface area contributed by atoms with E-state index in [1.807, 2.05) is 30.5 Å². The molecular weight excluding hydrogens is 196 g/mol. The van der Waals surface area contributed by atoms with E-state index >= 15 is 0 Å².